The smallest absolute Gasteiger partial charge is 0.227 e. The van der Waals surface area contributed by atoms with Gasteiger partial charge in [-0.15, -0.1) is 0 Å². The van der Waals surface area contributed by atoms with Gasteiger partial charge in [-0.1, -0.05) is 24.3 Å². The van der Waals surface area contributed by atoms with E-state index in [9.17, 15) is 4.79 Å². The Kier molecular flexibility index (Phi) is 3.06. The summed E-state index contributed by atoms with van der Waals surface area (Å²) in [6, 6.07) is 8.16. The van der Waals surface area contributed by atoms with E-state index in [1.807, 2.05) is 23.2 Å². The zero-order valence-corrected chi connectivity index (χ0v) is 13.0. The molecule has 2 aliphatic heterocycles. The number of benzene rings is 1. The molecule has 1 aromatic heterocycles. The van der Waals surface area contributed by atoms with Gasteiger partial charge in [0.05, 0.1) is 6.42 Å². The summed E-state index contributed by atoms with van der Waals surface area (Å²) in [5.74, 6) is 1.43. The van der Waals surface area contributed by atoms with E-state index in [2.05, 4.69) is 34.8 Å². The number of nitrogens with zero attached hydrogens (tertiary/aromatic N) is 3. The second-order valence-corrected chi connectivity index (χ2v) is 6.64. The van der Waals surface area contributed by atoms with Crippen LogP contribution >= 0.6 is 0 Å². The second-order valence-electron chi connectivity index (χ2n) is 6.64. The minimum atomic E-state index is 0.102. The number of carbonyl (C=O) groups is 1. The molecule has 0 unspecified atom stereocenters. The van der Waals surface area contributed by atoms with Gasteiger partial charge >= 0.3 is 0 Å². The Bertz CT molecular complexity index is 721. The maximum Gasteiger partial charge on any atom is 0.227 e. The molecule has 1 amide bonds. The van der Waals surface area contributed by atoms with E-state index in [1.165, 1.54) is 11.4 Å². The summed E-state index contributed by atoms with van der Waals surface area (Å²) in [5.41, 5.74) is 2.44. The van der Waals surface area contributed by atoms with Crippen molar-refractivity contribution in [3.05, 3.63) is 53.6 Å². The Morgan fingerprint density at radius 1 is 1.27 bits per heavy atom. The summed E-state index contributed by atoms with van der Waals surface area (Å²) in [6.45, 7) is 4.79. The molecule has 1 spiro atoms. The first kappa shape index (κ1) is 13.6. The maximum atomic E-state index is 12.7. The molecule has 3 heterocycles. The van der Waals surface area contributed by atoms with Crippen LogP contribution < -0.4 is 0 Å². The number of fused-ring (bicyclic) bond motifs is 2. The molecule has 4 heteroatoms. The number of amides is 1. The van der Waals surface area contributed by atoms with Gasteiger partial charge in [0.25, 0.3) is 0 Å². The summed E-state index contributed by atoms with van der Waals surface area (Å²) >= 11 is 0. The van der Waals surface area contributed by atoms with E-state index in [0.717, 1.165) is 38.0 Å². The molecule has 0 saturated carbocycles. The monoisotopic (exact) mass is 295 g/mol. The molecule has 1 aromatic carbocycles. The van der Waals surface area contributed by atoms with E-state index in [-0.39, 0.29) is 11.3 Å². The van der Waals surface area contributed by atoms with Gasteiger partial charge in [-0.25, -0.2) is 4.98 Å². The van der Waals surface area contributed by atoms with Gasteiger partial charge in [0, 0.05) is 37.4 Å². The Morgan fingerprint density at radius 2 is 2.09 bits per heavy atom. The maximum absolute atomic E-state index is 12.7. The van der Waals surface area contributed by atoms with Crippen LogP contribution in [0.5, 0.6) is 0 Å². The third-order valence-electron chi connectivity index (χ3n) is 5.33. The molecule has 22 heavy (non-hydrogen) atoms. The van der Waals surface area contributed by atoms with Crippen LogP contribution in [0.1, 0.15) is 29.8 Å². The van der Waals surface area contributed by atoms with Gasteiger partial charge in [0.1, 0.15) is 5.82 Å². The molecule has 2 aliphatic rings. The molecule has 4 nitrogen and oxygen atoms in total. The second kappa shape index (κ2) is 4.97. The van der Waals surface area contributed by atoms with E-state index in [4.69, 9.17) is 0 Å². The fraction of sp³-hybridized carbons (Fsp3) is 0.444. The fourth-order valence-corrected chi connectivity index (χ4v) is 3.95. The van der Waals surface area contributed by atoms with Crippen LogP contribution in [0.4, 0.5) is 0 Å². The van der Waals surface area contributed by atoms with Gasteiger partial charge < -0.3 is 9.47 Å². The minimum Gasteiger partial charge on any atom is -0.341 e. The highest BCUT2D eigenvalue weighted by Gasteiger charge is 2.46. The first-order chi connectivity index (χ1) is 10.7. The first-order valence-corrected chi connectivity index (χ1v) is 8.02. The number of imidazole rings is 1. The number of hydrogen-bond acceptors (Lipinski definition) is 2. The number of carbonyl (C=O) groups excluding carboxylic acids is 1. The Morgan fingerprint density at radius 3 is 2.95 bits per heavy atom. The third-order valence-corrected chi connectivity index (χ3v) is 5.33. The van der Waals surface area contributed by atoms with Crippen LogP contribution in [-0.2, 0) is 23.2 Å². The molecule has 2 aromatic rings. The number of aromatic nitrogens is 2. The molecule has 1 fully saturated rings. The Hall–Kier alpha value is -2.10. The molecule has 0 N–H and O–H groups in total. The summed E-state index contributed by atoms with van der Waals surface area (Å²) in [7, 11) is 0. The number of rotatable bonds is 2. The average Bonchev–Trinajstić information content (AvgIpc) is 3.21. The molecule has 114 valence electrons. The topological polar surface area (TPSA) is 38.1 Å². The van der Waals surface area contributed by atoms with Crippen LogP contribution in [0.3, 0.4) is 0 Å². The van der Waals surface area contributed by atoms with Gasteiger partial charge in [-0.3, -0.25) is 4.79 Å². The number of hydrogen-bond donors (Lipinski definition) is 0. The predicted octanol–water partition coefficient (Wildman–Crippen LogP) is 2.31. The van der Waals surface area contributed by atoms with Crippen LogP contribution in [0.2, 0.25) is 0 Å². The standard InChI is InChI=1S/C18H21N3O/c1-14-4-2-3-5-15(14)12-16(22)21-10-7-18(13-21)6-9-20-11-8-19-17(18)20/h2-5,8,11H,6-7,9-10,12-13H2,1H3/t18-/m1/s1. The lowest BCUT2D eigenvalue weighted by molar-refractivity contribution is -0.129. The van der Waals surface area contributed by atoms with E-state index < -0.39 is 0 Å². The van der Waals surface area contributed by atoms with Crippen LogP contribution in [0, 0.1) is 6.92 Å². The fourth-order valence-electron chi connectivity index (χ4n) is 3.95. The van der Waals surface area contributed by atoms with Crippen molar-refractivity contribution in [3.8, 4) is 0 Å². The van der Waals surface area contributed by atoms with Gasteiger partial charge in [-0.2, -0.15) is 0 Å². The molecular weight excluding hydrogens is 274 g/mol. The van der Waals surface area contributed by atoms with E-state index in [0.29, 0.717) is 6.42 Å². The normalized spacial score (nSPS) is 23.2. The molecule has 4 rings (SSSR count). The van der Waals surface area contributed by atoms with Crippen LogP contribution in [0.25, 0.3) is 0 Å². The highest BCUT2D eigenvalue weighted by molar-refractivity contribution is 5.79. The minimum absolute atomic E-state index is 0.102. The third kappa shape index (κ3) is 2.05. The lowest BCUT2D eigenvalue weighted by atomic mass is 9.85. The molecule has 0 radical (unpaired) electrons. The summed E-state index contributed by atoms with van der Waals surface area (Å²) < 4.78 is 2.25. The lowest BCUT2D eigenvalue weighted by Crippen LogP contribution is -2.34. The highest BCUT2D eigenvalue weighted by atomic mass is 16.2. The van der Waals surface area contributed by atoms with Crippen molar-refractivity contribution in [2.75, 3.05) is 13.1 Å². The predicted molar refractivity (Wildman–Crippen MR) is 84.6 cm³/mol. The number of aryl methyl sites for hydroxylation is 2. The van der Waals surface area contributed by atoms with Gasteiger partial charge in [-0.05, 0) is 30.9 Å². The quantitative estimate of drug-likeness (QED) is 0.852. The Balaban J connectivity index is 1.50. The van der Waals surface area contributed by atoms with Crippen molar-refractivity contribution in [1.29, 1.82) is 0 Å². The van der Waals surface area contributed by atoms with Crippen molar-refractivity contribution >= 4 is 5.91 Å². The van der Waals surface area contributed by atoms with Gasteiger partial charge in [0.15, 0.2) is 0 Å². The molecule has 1 saturated heterocycles. The SMILES string of the molecule is Cc1ccccc1CC(=O)N1CC[C@]2(CCn3ccnc32)C1. The van der Waals surface area contributed by atoms with Crippen molar-refractivity contribution in [2.24, 2.45) is 0 Å². The zero-order valence-electron chi connectivity index (χ0n) is 13.0. The Labute approximate surface area is 130 Å². The van der Waals surface area contributed by atoms with Gasteiger partial charge in [0.2, 0.25) is 5.91 Å². The lowest BCUT2D eigenvalue weighted by Gasteiger charge is -2.23. The molecule has 0 bridgehead atoms. The van der Waals surface area contributed by atoms with Crippen molar-refractivity contribution in [2.45, 2.75) is 38.1 Å². The highest BCUT2D eigenvalue weighted by Crippen LogP contribution is 2.41. The van der Waals surface area contributed by atoms with Crippen LogP contribution in [0.15, 0.2) is 36.7 Å². The first-order valence-electron chi connectivity index (χ1n) is 8.02. The zero-order chi connectivity index (χ0) is 15.2. The van der Waals surface area contributed by atoms with E-state index in [1.54, 1.807) is 0 Å². The van der Waals surface area contributed by atoms with Crippen molar-refractivity contribution in [3.63, 3.8) is 0 Å². The van der Waals surface area contributed by atoms with E-state index >= 15 is 0 Å². The van der Waals surface area contributed by atoms with Crippen molar-refractivity contribution < 1.29 is 4.79 Å². The van der Waals surface area contributed by atoms with Crippen LogP contribution in [-0.4, -0.2) is 33.4 Å². The molecule has 0 aliphatic carbocycles. The number of likely N-dealkylation sites (tertiary alicyclic amines) is 1. The largest absolute Gasteiger partial charge is 0.341 e. The van der Waals surface area contributed by atoms with Crippen molar-refractivity contribution in [1.82, 2.24) is 14.5 Å². The average molecular weight is 295 g/mol. The molecule has 1 atom stereocenters. The molecular formula is C18H21N3O. The summed E-state index contributed by atoms with van der Waals surface area (Å²) in [4.78, 5) is 19.2. The summed E-state index contributed by atoms with van der Waals surface area (Å²) in [5, 5.41) is 0. The summed E-state index contributed by atoms with van der Waals surface area (Å²) in [6.07, 6.45) is 6.61.